The van der Waals surface area contributed by atoms with E-state index in [4.69, 9.17) is 0 Å². The number of hydrogen-bond acceptors (Lipinski definition) is 3. The molecule has 8 heavy (non-hydrogen) atoms. The maximum Gasteiger partial charge on any atom is 0.365 e. The Morgan fingerprint density at radius 3 is 2.88 bits per heavy atom. The van der Waals surface area contributed by atoms with E-state index in [1.165, 1.54) is 0 Å². The van der Waals surface area contributed by atoms with Crippen LogP contribution in [0.4, 0.5) is 0 Å². The van der Waals surface area contributed by atoms with Crippen LogP contribution in [0.25, 0.3) is 0 Å². The third kappa shape index (κ3) is 6.17. The van der Waals surface area contributed by atoms with E-state index in [2.05, 4.69) is 9.33 Å². The minimum Gasteiger partial charge on any atom is -0.504 e. The molecule has 0 saturated carbocycles. The quantitative estimate of drug-likeness (QED) is 0.307. The molecule has 50 valence electrons. The third-order valence-electron chi connectivity index (χ3n) is 0.651. The summed E-state index contributed by atoms with van der Waals surface area (Å²) >= 11 is 0.371. The Labute approximate surface area is 52.6 Å². The first-order chi connectivity index (χ1) is 3.91. The molecule has 4 heteroatoms. The van der Waals surface area contributed by atoms with Crippen molar-refractivity contribution >= 4 is 0 Å². The first-order valence-electron chi connectivity index (χ1n) is 2.47. The second-order valence-corrected chi connectivity index (χ2v) is 1.55. The zero-order chi connectivity index (χ0) is 6.24. The molecule has 0 amide bonds. The molecule has 0 unspecified atom stereocenters. The van der Waals surface area contributed by atoms with Gasteiger partial charge in [-0.15, -0.1) is 0 Å². The summed E-state index contributed by atoms with van der Waals surface area (Å²) < 4.78 is 13.3. The van der Waals surface area contributed by atoms with E-state index in [0.29, 0.717) is 17.9 Å². The maximum absolute atomic E-state index is 9.41. The van der Waals surface area contributed by atoms with Crippen molar-refractivity contribution in [1.82, 2.24) is 0 Å². The normalized spacial score (nSPS) is 9.75. The molecule has 3 nitrogen and oxygen atoms in total. The molecular weight excluding hydrogens is 131 g/mol. The lowest BCUT2D eigenvalue weighted by molar-refractivity contribution is -1.30. The van der Waals surface area contributed by atoms with E-state index in [1.54, 1.807) is 0 Å². The molecule has 0 atom stereocenters. The second-order valence-electron chi connectivity index (χ2n) is 1.30. The number of unbranched alkanes of at least 4 members (excludes halogenated alkanes) is 1. The lowest BCUT2D eigenvalue weighted by atomic mass is 10.4. The van der Waals surface area contributed by atoms with Gasteiger partial charge in [-0.05, 0) is 6.42 Å². The van der Waals surface area contributed by atoms with Crippen molar-refractivity contribution in [2.24, 2.45) is 0 Å². The molecule has 0 aliphatic rings. The van der Waals surface area contributed by atoms with Gasteiger partial charge in [0, 0.05) is 0 Å². The fourth-order valence-corrected chi connectivity index (χ4v) is 0.352. The van der Waals surface area contributed by atoms with Gasteiger partial charge in [-0.2, -0.15) is 4.89 Å². The largest absolute Gasteiger partial charge is 0.504 e. The van der Waals surface area contributed by atoms with Gasteiger partial charge in [0.1, 0.15) is 0 Å². The van der Waals surface area contributed by atoms with Crippen LogP contribution in [0.5, 0.6) is 0 Å². The molecule has 0 aromatic rings. The van der Waals surface area contributed by atoms with Crippen LogP contribution in [0.2, 0.25) is 0 Å². The van der Waals surface area contributed by atoms with E-state index in [9.17, 15) is 4.66 Å². The van der Waals surface area contributed by atoms with Crippen LogP contribution >= 0.6 is 0 Å². The molecule has 0 aromatic heterocycles. The van der Waals surface area contributed by atoms with Gasteiger partial charge in [0.2, 0.25) is 0 Å². The maximum atomic E-state index is 9.41. The van der Waals surface area contributed by atoms with Crippen molar-refractivity contribution in [3.05, 3.63) is 0 Å². The average molecular weight is 141 g/mol. The van der Waals surface area contributed by atoms with Crippen LogP contribution in [0.3, 0.4) is 0 Å². The molecular formula is C4H9ClO3. The van der Waals surface area contributed by atoms with Gasteiger partial charge in [-0.3, -0.25) is 0 Å². The minimum atomic E-state index is 0.371. The molecule has 0 radical (unpaired) electrons. The Morgan fingerprint density at radius 2 is 2.38 bits per heavy atom. The van der Waals surface area contributed by atoms with Crippen LogP contribution in [0, 0.1) is 11.3 Å². The molecule has 0 rings (SSSR count). The monoisotopic (exact) mass is 140 g/mol. The first-order valence-corrected chi connectivity index (χ1v) is 3.09. The van der Waals surface area contributed by atoms with Crippen LogP contribution in [-0.4, -0.2) is 6.61 Å². The molecule has 0 fully saturated rings. The molecule has 0 N–H and O–H groups in total. The van der Waals surface area contributed by atoms with Crippen molar-refractivity contribution in [1.29, 1.82) is 0 Å². The van der Waals surface area contributed by atoms with Gasteiger partial charge in [0.25, 0.3) is 0 Å². The van der Waals surface area contributed by atoms with Gasteiger partial charge >= 0.3 is 11.3 Å². The highest BCUT2D eigenvalue weighted by molar-refractivity contribution is 4.24. The van der Waals surface area contributed by atoms with Crippen molar-refractivity contribution in [2.45, 2.75) is 19.8 Å². The van der Waals surface area contributed by atoms with Gasteiger partial charge in [-0.1, -0.05) is 13.3 Å². The van der Waals surface area contributed by atoms with Crippen LogP contribution in [0.15, 0.2) is 0 Å². The molecule has 0 bridgehead atoms. The van der Waals surface area contributed by atoms with Crippen LogP contribution in [0.1, 0.15) is 19.8 Å². The SMILES string of the molecule is CCCCOO[Cl+][O-]. The van der Waals surface area contributed by atoms with Crippen molar-refractivity contribution in [3.63, 3.8) is 0 Å². The predicted octanol–water partition coefficient (Wildman–Crippen LogP) is 0.0100. The molecule has 0 aromatic carbocycles. The minimum absolute atomic E-state index is 0.371. The highest BCUT2D eigenvalue weighted by atomic mass is 35.6. The zero-order valence-corrected chi connectivity index (χ0v) is 5.48. The summed E-state index contributed by atoms with van der Waals surface area (Å²) in [6.45, 7) is 2.52. The van der Waals surface area contributed by atoms with Gasteiger partial charge in [0.15, 0.2) is 0 Å². The smallest absolute Gasteiger partial charge is 0.365 e. The predicted molar refractivity (Wildman–Crippen MR) is 21.9 cm³/mol. The van der Waals surface area contributed by atoms with E-state index >= 15 is 0 Å². The third-order valence-corrected chi connectivity index (χ3v) is 0.792. The van der Waals surface area contributed by atoms with E-state index in [1.807, 2.05) is 6.92 Å². The summed E-state index contributed by atoms with van der Waals surface area (Å²) in [5.41, 5.74) is 0. The second kappa shape index (κ2) is 7.17. The standard InChI is InChI=1S/C4H9ClO3/c1-2-3-4-7-8-5-6/h2-4H2,1H3. The van der Waals surface area contributed by atoms with Crippen molar-refractivity contribution in [2.75, 3.05) is 6.61 Å². The fourth-order valence-electron chi connectivity index (χ4n) is 0.253. The van der Waals surface area contributed by atoms with Crippen molar-refractivity contribution < 1.29 is 25.3 Å². The number of rotatable bonds is 5. The van der Waals surface area contributed by atoms with E-state index in [0.717, 1.165) is 12.8 Å². The Hall–Kier alpha value is 0.170. The lowest BCUT2D eigenvalue weighted by Crippen LogP contribution is -2.05. The Morgan fingerprint density at radius 1 is 1.62 bits per heavy atom. The van der Waals surface area contributed by atoms with E-state index < -0.39 is 0 Å². The summed E-state index contributed by atoms with van der Waals surface area (Å²) in [6.07, 6.45) is 1.96. The topological polar surface area (TPSA) is 41.5 Å². The molecule has 0 aliphatic heterocycles. The molecule has 0 aliphatic carbocycles. The van der Waals surface area contributed by atoms with Crippen LogP contribution < -0.4 is 4.66 Å². The number of halogens is 1. The van der Waals surface area contributed by atoms with Crippen molar-refractivity contribution in [3.8, 4) is 0 Å². The fraction of sp³-hybridized carbons (Fsp3) is 1.00. The lowest BCUT2D eigenvalue weighted by Gasteiger charge is -1.89. The summed E-state index contributed by atoms with van der Waals surface area (Å²) in [5.74, 6) is 0. The van der Waals surface area contributed by atoms with Crippen LogP contribution in [-0.2, 0) is 9.33 Å². The Bertz CT molecular complexity index is 36.3. The highest BCUT2D eigenvalue weighted by Crippen LogP contribution is 1.87. The Balaban J connectivity index is 2.53. The average Bonchev–Trinajstić information content (AvgIpc) is 1.81. The molecule has 0 heterocycles. The summed E-state index contributed by atoms with van der Waals surface area (Å²) in [5, 5.41) is 0. The summed E-state index contributed by atoms with van der Waals surface area (Å²) in [4.78, 5) is 4.35. The van der Waals surface area contributed by atoms with E-state index in [-0.39, 0.29) is 0 Å². The Kier molecular flexibility index (Phi) is 7.32. The molecule has 0 spiro atoms. The van der Waals surface area contributed by atoms with Gasteiger partial charge in [-0.25, -0.2) is 0 Å². The number of hydrogen-bond donors (Lipinski definition) is 0. The van der Waals surface area contributed by atoms with Gasteiger partial charge in [0.05, 0.1) is 11.0 Å². The summed E-state index contributed by atoms with van der Waals surface area (Å²) in [6, 6.07) is 0. The highest BCUT2D eigenvalue weighted by Gasteiger charge is 1.90. The van der Waals surface area contributed by atoms with Gasteiger partial charge < -0.3 is 4.66 Å². The summed E-state index contributed by atoms with van der Waals surface area (Å²) in [7, 11) is 0. The molecule has 0 saturated heterocycles. The zero-order valence-electron chi connectivity index (χ0n) is 4.72. The first kappa shape index (κ1) is 8.17.